The summed E-state index contributed by atoms with van der Waals surface area (Å²) in [4.78, 5) is 26.9. The van der Waals surface area contributed by atoms with Crippen molar-refractivity contribution in [2.75, 3.05) is 13.7 Å². The van der Waals surface area contributed by atoms with Crippen molar-refractivity contribution in [2.24, 2.45) is 0 Å². The fourth-order valence-electron chi connectivity index (χ4n) is 4.87. The zero-order chi connectivity index (χ0) is 26.0. The molecule has 190 valence electrons. The number of carbonyl (C=O) groups excluding carboxylic acids is 2. The van der Waals surface area contributed by atoms with Crippen LogP contribution < -0.4 is 10.1 Å². The molecule has 2 aromatic carbocycles. The number of esters is 2. The van der Waals surface area contributed by atoms with Crippen molar-refractivity contribution in [3.63, 3.8) is 0 Å². The maximum Gasteiger partial charge on any atom is 0.337 e. The molecular weight excluding hydrogens is 501 g/mol. The first-order chi connectivity index (χ1) is 17.3. The molecule has 2 aliphatic heterocycles. The first-order valence-electron chi connectivity index (χ1n) is 12.0. The number of carbonyl (C=O) groups is 2. The van der Waals surface area contributed by atoms with Gasteiger partial charge in [0, 0.05) is 22.8 Å². The summed E-state index contributed by atoms with van der Waals surface area (Å²) in [6, 6.07) is 10.8. The summed E-state index contributed by atoms with van der Waals surface area (Å²) in [6.07, 6.45) is 1.32. The molecule has 2 aromatic rings. The van der Waals surface area contributed by atoms with E-state index in [1.54, 1.807) is 32.2 Å². The molecule has 2 atom stereocenters. The molecule has 0 bridgehead atoms. The topological polar surface area (TPSA) is 73.9 Å². The lowest BCUT2D eigenvalue weighted by Gasteiger charge is -2.37. The summed E-state index contributed by atoms with van der Waals surface area (Å²) in [5.41, 5.74) is 4.81. The first-order valence-corrected chi connectivity index (χ1v) is 12.7. The van der Waals surface area contributed by atoms with Crippen molar-refractivity contribution in [2.45, 2.75) is 52.1 Å². The van der Waals surface area contributed by atoms with E-state index in [4.69, 9.17) is 37.4 Å². The number of aryl methyl sites for hydroxylation is 1. The lowest BCUT2D eigenvalue weighted by Crippen LogP contribution is -2.38. The SMILES string of the molecule is CCCC1=C(C(=O)OCC)C(c2ccc(Cl)cc2C)C2=C(CC(c3ccc(Cl)c(OC)c3)OC2=O)N1. The number of halogens is 2. The van der Waals surface area contributed by atoms with E-state index in [2.05, 4.69) is 5.32 Å². The van der Waals surface area contributed by atoms with E-state index in [-0.39, 0.29) is 6.61 Å². The van der Waals surface area contributed by atoms with Crippen LogP contribution in [-0.4, -0.2) is 25.7 Å². The minimum atomic E-state index is -0.632. The fourth-order valence-corrected chi connectivity index (χ4v) is 5.29. The van der Waals surface area contributed by atoms with E-state index in [1.165, 1.54) is 0 Å². The average Bonchev–Trinajstić information content (AvgIpc) is 2.84. The van der Waals surface area contributed by atoms with Crippen LogP contribution in [0.15, 0.2) is 58.9 Å². The summed E-state index contributed by atoms with van der Waals surface area (Å²) in [6.45, 7) is 5.96. The van der Waals surface area contributed by atoms with Crippen LogP contribution in [0.1, 0.15) is 61.8 Å². The maximum absolute atomic E-state index is 13.6. The van der Waals surface area contributed by atoms with Crippen LogP contribution >= 0.6 is 23.2 Å². The first kappa shape index (κ1) is 26.1. The summed E-state index contributed by atoms with van der Waals surface area (Å²) in [5, 5.41) is 4.48. The van der Waals surface area contributed by atoms with Gasteiger partial charge in [-0.1, -0.05) is 48.7 Å². The number of cyclic esters (lactones) is 1. The van der Waals surface area contributed by atoms with Gasteiger partial charge in [-0.05, 0) is 61.2 Å². The molecule has 0 saturated heterocycles. The van der Waals surface area contributed by atoms with Crippen LogP contribution in [0.4, 0.5) is 0 Å². The molecule has 0 radical (unpaired) electrons. The monoisotopic (exact) mass is 529 g/mol. The van der Waals surface area contributed by atoms with E-state index in [1.807, 2.05) is 32.0 Å². The third-order valence-corrected chi connectivity index (χ3v) is 7.02. The van der Waals surface area contributed by atoms with Crippen molar-refractivity contribution >= 4 is 35.1 Å². The van der Waals surface area contributed by atoms with Crippen LogP contribution in [0.3, 0.4) is 0 Å². The highest BCUT2D eigenvalue weighted by Crippen LogP contribution is 2.47. The molecular formula is C28H29Cl2NO5. The molecule has 0 saturated carbocycles. The van der Waals surface area contributed by atoms with Gasteiger partial charge in [-0.2, -0.15) is 0 Å². The Balaban J connectivity index is 1.85. The predicted molar refractivity (Wildman–Crippen MR) is 139 cm³/mol. The summed E-state index contributed by atoms with van der Waals surface area (Å²) in [5.74, 6) is -1.06. The Morgan fingerprint density at radius 2 is 1.94 bits per heavy atom. The smallest absolute Gasteiger partial charge is 0.337 e. The van der Waals surface area contributed by atoms with Crippen LogP contribution in [0.25, 0.3) is 0 Å². The highest BCUT2D eigenvalue weighted by atomic mass is 35.5. The molecule has 0 spiro atoms. The Labute approximate surface area is 221 Å². The minimum absolute atomic E-state index is 0.227. The van der Waals surface area contributed by atoms with Gasteiger partial charge in [0.15, 0.2) is 0 Å². The molecule has 4 rings (SSSR count). The van der Waals surface area contributed by atoms with Crippen molar-refractivity contribution < 1.29 is 23.8 Å². The Morgan fingerprint density at radius 3 is 2.61 bits per heavy atom. The lowest BCUT2D eigenvalue weighted by molar-refractivity contribution is -0.146. The van der Waals surface area contributed by atoms with E-state index < -0.39 is 24.0 Å². The van der Waals surface area contributed by atoms with Crippen molar-refractivity contribution in [3.8, 4) is 5.75 Å². The van der Waals surface area contributed by atoms with E-state index in [9.17, 15) is 9.59 Å². The zero-order valence-corrected chi connectivity index (χ0v) is 22.3. The van der Waals surface area contributed by atoms with Gasteiger partial charge in [0.05, 0.1) is 35.8 Å². The van der Waals surface area contributed by atoms with Crippen molar-refractivity contribution in [1.29, 1.82) is 0 Å². The van der Waals surface area contributed by atoms with Gasteiger partial charge in [0.2, 0.25) is 0 Å². The van der Waals surface area contributed by atoms with E-state index in [0.29, 0.717) is 39.8 Å². The molecule has 0 fully saturated rings. The Kier molecular flexibility index (Phi) is 7.96. The van der Waals surface area contributed by atoms with Gasteiger partial charge >= 0.3 is 11.9 Å². The summed E-state index contributed by atoms with van der Waals surface area (Å²) in [7, 11) is 1.54. The predicted octanol–water partition coefficient (Wildman–Crippen LogP) is 6.56. The molecule has 0 aliphatic carbocycles. The quantitative estimate of drug-likeness (QED) is 0.409. The number of benzene rings is 2. The number of dihydropyridines is 1. The van der Waals surface area contributed by atoms with Gasteiger partial charge in [-0.15, -0.1) is 0 Å². The van der Waals surface area contributed by atoms with Crippen molar-refractivity contribution in [3.05, 3.63) is 85.7 Å². The highest BCUT2D eigenvalue weighted by Gasteiger charge is 2.43. The number of ether oxygens (including phenoxy) is 3. The largest absolute Gasteiger partial charge is 0.495 e. The molecule has 2 heterocycles. The molecule has 1 N–H and O–H groups in total. The Bertz CT molecular complexity index is 1270. The molecule has 2 aliphatic rings. The third-order valence-electron chi connectivity index (χ3n) is 6.47. The Morgan fingerprint density at radius 1 is 1.17 bits per heavy atom. The number of allylic oxidation sites excluding steroid dienone is 1. The van der Waals surface area contributed by atoms with Crippen LogP contribution in [-0.2, 0) is 19.1 Å². The maximum atomic E-state index is 13.6. The highest BCUT2D eigenvalue weighted by molar-refractivity contribution is 6.32. The number of hydrogen-bond donors (Lipinski definition) is 1. The zero-order valence-electron chi connectivity index (χ0n) is 20.7. The third kappa shape index (κ3) is 4.97. The van der Waals surface area contributed by atoms with Crippen LogP contribution in [0, 0.1) is 6.92 Å². The normalized spacial score (nSPS) is 19.4. The van der Waals surface area contributed by atoms with E-state index >= 15 is 0 Å². The van der Waals surface area contributed by atoms with Crippen LogP contribution in [0.5, 0.6) is 5.75 Å². The van der Waals surface area contributed by atoms with Gasteiger partial charge in [0.25, 0.3) is 0 Å². The van der Waals surface area contributed by atoms with Gasteiger partial charge in [0.1, 0.15) is 11.9 Å². The van der Waals surface area contributed by atoms with Crippen molar-refractivity contribution in [1.82, 2.24) is 5.32 Å². The number of nitrogens with one attached hydrogen (secondary N) is 1. The molecule has 8 heteroatoms. The molecule has 0 amide bonds. The molecule has 2 unspecified atom stereocenters. The average molecular weight is 530 g/mol. The molecule has 36 heavy (non-hydrogen) atoms. The Hall–Kier alpha value is -2.96. The van der Waals surface area contributed by atoms with Gasteiger partial charge in [-0.3, -0.25) is 0 Å². The standard InChI is InChI=1S/C28H29Cl2NO5/c1-5-7-20-25(27(32)35-6-2)24(18-10-9-17(29)12-15(18)3)26-21(31-20)14-22(36-28(26)33)16-8-11-19(30)23(13-16)34-4/h8-13,22,24,31H,5-7,14H2,1-4H3. The van der Waals surface area contributed by atoms with Gasteiger partial charge in [-0.25, -0.2) is 9.59 Å². The summed E-state index contributed by atoms with van der Waals surface area (Å²) >= 11 is 12.4. The summed E-state index contributed by atoms with van der Waals surface area (Å²) < 4.78 is 16.7. The minimum Gasteiger partial charge on any atom is -0.495 e. The number of hydrogen-bond acceptors (Lipinski definition) is 6. The second kappa shape index (κ2) is 11.0. The van der Waals surface area contributed by atoms with Gasteiger partial charge < -0.3 is 19.5 Å². The molecule has 0 aromatic heterocycles. The van der Waals surface area contributed by atoms with E-state index in [0.717, 1.165) is 34.5 Å². The lowest BCUT2D eigenvalue weighted by atomic mass is 9.76. The van der Waals surface area contributed by atoms with Crippen LogP contribution in [0.2, 0.25) is 10.0 Å². The molecule has 6 nitrogen and oxygen atoms in total. The number of methoxy groups -OCH3 is 1. The number of rotatable bonds is 7. The second-order valence-electron chi connectivity index (χ2n) is 8.81. The fraction of sp³-hybridized carbons (Fsp3) is 0.357. The second-order valence-corrected chi connectivity index (χ2v) is 9.65.